The van der Waals surface area contributed by atoms with E-state index in [2.05, 4.69) is 5.32 Å². The standard InChI is InChI=1S/C12H23N3O/c1-9(7-13)15-8-11(14-12(15)16)10-5-3-2-4-6-10/h9-11H,2-8,13H2,1H3,(H,14,16). The number of carbonyl (C=O) groups is 1. The summed E-state index contributed by atoms with van der Waals surface area (Å²) in [7, 11) is 0. The van der Waals surface area contributed by atoms with Crippen molar-refractivity contribution in [2.45, 2.75) is 51.1 Å². The molecule has 0 radical (unpaired) electrons. The van der Waals surface area contributed by atoms with E-state index < -0.39 is 0 Å². The summed E-state index contributed by atoms with van der Waals surface area (Å²) in [6, 6.07) is 0.601. The first kappa shape index (κ1) is 11.7. The van der Waals surface area contributed by atoms with Gasteiger partial charge in [-0.3, -0.25) is 0 Å². The third-order valence-electron chi connectivity index (χ3n) is 4.06. The van der Waals surface area contributed by atoms with Crippen molar-refractivity contribution in [3.8, 4) is 0 Å². The van der Waals surface area contributed by atoms with Gasteiger partial charge in [-0.05, 0) is 25.7 Å². The molecule has 3 N–H and O–H groups in total. The number of urea groups is 1. The molecular weight excluding hydrogens is 202 g/mol. The normalized spacial score (nSPS) is 29.2. The molecule has 0 aromatic heterocycles. The van der Waals surface area contributed by atoms with E-state index in [4.69, 9.17) is 5.73 Å². The van der Waals surface area contributed by atoms with Crippen LogP contribution in [-0.4, -0.2) is 36.1 Å². The van der Waals surface area contributed by atoms with Crippen LogP contribution in [0.3, 0.4) is 0 Å². The molecule has 4 nitrogen and oxygen atoms in total. The molecule has 2 aliphatic rings. The van der Waals surface area contributed by atoms with Crippen LogP contribution in [0, 0.1) is 5.92 Å². The summed E-state index contributed by atoms with van der Waals surface area (Å²) in [6.45, 7) is 3.41. The molecule has 4 heteroatoms. The minimum atomic E-state index is 0.0773. The van der Waals surface area contributed by atoms with Crippen LogP contribution in [0.1, 0.15) is 39.0 Å². The minimum absolute atomic E-state index is 0.0773. The van der Waals surface area contributed by atoms with E-state index in [1.165, 1.54) is 32.1 Å². The Kier molecular flexibility index (Phi) is 3.69. The van der Waals surface area contributed by atoms with Crippen molar-refractivity contribution in [1.82, 2.24) is 10.2 Å². The molecule has 0 bridgehead atoms. The van der Waals surface area contributed by atoms with Gasteiger partial charge in [0.15, 0.2) is 0 Å². The van der Waals surface area contributed by atoms with Crippen LogP contribution in [-0.2, 0) is 0 Å². The lowest BCUT2D eigenvalue weighted by molar-refractivity contribution is 0.202. The Labute approximate surface area is 97.6 Å². The van der Waals surface area contributed by atoms with E-state index in [0.717, 1.165) is 6.54 Å². The van der Waals surface area contributed by atoms with Gasteiger partial charge in [-0.15, -0.1) is 0 Å². The van der Waals surface area contributed by atoms with Gasteiger partial charge in [0.05, 0.1) is 6.04 Å². The minimum Gasteiger partial charge on any atom is -0.333 e. The van der Waals surface area contributed by atoms with Crippen LogP contribution >= 0.6 is 0 Å². The molecule has 2 rings (SSSR count). The fourth-order valence-electron chi connectivity index (χ4n) is 2.89. The molecule has 1 aliphatic heterocycles. The molecule has 92 valence electrons. The fraction of sp³-hybridized carbons (Fsp3) is 0.917. The Morgan fingerprint density at radius 3 is 2.75 bits per heavy atom. The van der Waals surface area contributed by atoms with Crippen molar-refractivity contribution >= 4 is 6.03 Å². The molecule has 1 heterocycles. The van der Waals surface area contributed by atoms with Crippen LogP contribution in [0.4, 0.5) is 4.79 Å². The Bertz CT molecular complexity index is 251. The second-order valence-corrected chi connectivity index (χ2v) is 5.19. The van der Waals surface area contributed by atoms with Gasteiger partial charge < -0.3 is 16.0 Å². The highest BCUT2D eigenvalue weighted by molar-refractivity contribution is 5.77. The van der Waals surface area contributed by atoms with Gasteiger partial charge in [-0.25, -0.2) is 4.79 Å². The maximum atomic E-state index is 11.8. The number of nitrogens with two attached hydrogens (primary N) is 1. The molecule has 1 aliphatic carbocycles. The molecule has 2 fully saturated rings. The van der Waals surface area contributed by atoms with Crippen LogP contribution in [0.15, 0.2) is 0 Å². The topological polar surface area (TPSA) is 58.4 Å². The number of hydrogen-bond acceptors (Lipinski definition) is 2. The quantitative estimate of drug-likeness (QED) is 0.761. The van der Waals surface area contributed by atoms with Crippen molar-refractivity contribution in [3.63, 3.8) is 0 Å². The van der Waals surface area contributed by atoms with Gasteiger partial charge in [-0.1, -0.05) is 19.3 Å². The molecule has 0 aromatic rings. The summed E-state index contributed by atoms with van der Waals surface area (Å²) in [5.41, 5.74) is 5.62. The summed E-state index contributed by atoms with van der Waals surface area (Å²) in [5, 5.41) is 3.12. The molecule has 0 aromatic carbocycles. The maximum absolute atomic E-state index is 11.8. The number of nitrogens with one attached hydrogen (secondary N) is 1. The number of nitrogens with zero attached hydrogens (tertiary/aromatic N) is 1. The summed E-state index contributed by atoms with van der Waals surface area (Å²) >= 11 is 0. The average Bonchev–Trinajstić information content (AvgIpc) is 2.71. The van der Waals surface area contributed by atoms with Crippen molar-refractivity contribution < 1.29 is 4.79 Å². The summed E-state index contributed by atoms with van der Waals surface area (Å²) in [5.74, 6) is 0.688. The van der Waals surface area contributed by atoms with Crippen molar-refractivity contribution in [1.29, 1.82) is 0 Å². The fourth-order valence-corrected chi connectivity index (χ4v) is 2.89. The van der Waals surface area contributed by atoms with Crippen molar-refractivity contribution in [2.75, 3.05) is 13.1 Å². The van der Waals surface area contributed by atoms with E-state index in [1.807, 2.05) is 11.8 Å². The number of amides is 2. The molecule has 1 saturated carbocycles. The van der Waals surface area contributed by atoms with Crippen LogP contribution < -0.4 is 11.1 Å². The number of hydrogen-bond donors (Lipinski definition) is 2. The zero-order valence-corrected chi connectivity index (χ0v) is 10.1. The summed E-state index contributed by atoms with van der Waals surface area (Å²) < 4.78 is 0. The maximum Gasteiger partial charge on any atom is 0.318 e. The van der Waals surface area contributed by atoms with Gasteiger partial charge in [0.25, 0.3) is 0 Å². The van der Waals surface area contributed by atoms with Crippen molar-refractivity contribution in [2.24, 2.45) is 11.7 Å². The highest BCUT2D eigenvalue weighted by atomic mass is 16.2. The van der Waals surface area contributed by atoms with E-state index in [-0.39, 0.29) is 12.1 Å². The first-order valence-corrected chi connectivity index (χ1v) is 6.49. The van der Waals surface area contributed by atoms with Gasteiger partial charge >= 0.3 is 6.03 Å². The van der Waals surface area contributed by atoms with Crippen molar-refractivity contribution in [3.05, 3.63) is 0 Å². The smallest absolute Gasteiger partial charge is 0.318 e. The lowest BCUT2D eigenvalue weighted by Crippen LogP contribution is -2.40. The molecule has 1 saturated heterocycles. The zero-order chi connectivity index (χ0) is 11.5. The molecule has 16 heavy (non-hydrogen) atoms. The largest absolute Gasteiger partial charge is 0.333 e. The third-order valence-corrected chi connectivity index (χ3v) is 4.06. The SMILES string of the molecule is CC(CN)N1CC(C2CCCCC2)NC1=O. The lowest BCUT2D eigenvalue weighted by Gasteiger charge is -2.27. The van der Waals surface area contributed by atoms with E-state index in [1.54, 1.807) is 0 Å². The van der Waals surface area contributed by atoms with Gasteiger partial charge in [0.1, 0.15) is 0 Å². The van der Waals surface area contributed by atoms with Crippen LogP contribution in [0.5, 0.6) is 0 Å². The van der Waals surface area contributed by atoms with Crippen LogP contribution in [0.2, 0.25) is 0 Å². The average molecular weight is 225 g/mol. The Hall–Kier alpha value is -0.770. The van der Waals surface area contributed by atoms with Crippen LogP contribution in [0.25, 0.3) is 0 Å². The molecule has 2 amide bonds. The predicted molar refractivity (Wildman–Crippen MR) is 64.1 cm³/mol. The number of carbonyl (C=O) groups excluding carboxylic acids is 1. The van der Waals surface area contributed by atoms with E-state index >= 15 is 0 Å². The second kappa shape index (κ2) is 5.04. The Balaban J connectivity index is 1.92. The molecule has 2 unspecified atom stereocenters. The van der Waals surface area contributed by atoms with Gasteiger partial charge in [0.2, 0.25) is 0 Å². The number of rotatable bonds is 3. The highest BCUT2D eigenvalue weighted by Crippen LogP contribution is 2.29. The molecular formula is C12H23N3O. The first-order valence-electron chi connectivity index (χ1n) is 6.49. The summed E-state index contributed by atoms with van der Waals surface area (Å²) in [6.07, 6.45) is 6.55. The van der Waals surface area contributed by atoms with Gasteiger partial charge in [0, 0.05) is 19.1 Å². The zero-order valence-electron chi connectivity index (χ0n) is 10.1. The Morgan fingerprint density at radius 2 is 2.12 bits per heavy atom. The lowest BCUT2D eigenvalue weighted by atomic mass is 9.84. The highest BCUT2D eigenvalue weighted by Gasteiger charge is 2.36. The van der Waals surface area contributed by atoms with E-state index in [9.17, 15) is 4.79 Å². The molecule has 0 spiro atoms. The van der Waals surface area contributed by atoms with E-state index in [0.29, 0.717) is 18.5 Å². The monoisotopic (exact) mass is 225 g/mol. The molecule has 2 atom stereocenters. The predicted octanol–water partition coefficient (Wildman–Crippen LogP) is 1.31. The van der Waals surface area contributed by atoms with Gasteiger partial charge in [-0.2, -0.15) is 0 Å². The first-order chi connectivity index (χ1) is 7.72. The third kappa shape index (κ3) is 2.32. The second-order valence-electron chi connectivity index (χ2n) is 5.19. The Morgan fingerprint density at radius 1 is 1.44 bits per heavy atom. The summed E-state index contributed by atoms with van der Waals surface area (Å²) in [4.78, 5) is 13.7.